The highest BCUT2D eigenvalue weighted by atomic mass is 15.0. The van der Waals surface area contributed by atoms with Gasteiger partial charge in [0.05, 0.1) is 33.1 Å². The van der Waals surface area contributed by atoms with Crippen LogP contribution in [-0.4, -0.2) is 13.7 Å². The van der Waals surface area contributed by atoms with E-state index < -0.39 is 0 Å². The van der Waals surface area contributed by atoms with Crippen LogP contribution in [0.15, 0.2) is 188 Å². The monoisotopic (exact) mass is 649 g/mol. The lowest BCUT2D eigenvalue weighted by atomic mass is 10.0. The molecule has 0 aliphatic carbocycles. The first-order valence-corrected chi connectivity index (χ1v) is 17.5. The van der Waals surface area contributed by atoms with Crippen molar-refractivity contribution in [1.82, 2.24) is 13.7 Å². The van der Waals surface area contributed by atoms with Crippen LogP contribution < -0.4 is 0 Å². The summed E-state index contributed by atoms with van der Waals surface area (Å²) in [5.41, 5.74) is 13.1. The summed E-state index contributed by atoms with van der Waals surface area (Å²) in [6.07, 6.45) is 0. The standard InChI is InChI=1S/C48H31N3/c1-7-20-44-37(14-1)38-15-2-8-21-45(38)50(44)35-13-11-12-33(30-35)32-24-26-34(27-25-32)49-43-19-6-5-18-41(43)42-29-28-36(31-48(42)49)51-46-22-9-3-16-39(46)40-17-4-10-23-47(40)51/h1-31H. The van der Waals surface area contributed by atoms with Crippen molar-refractivity contribution in [3.05, 3.63) is 188 Å². The Morgan fingerprint density at radius 3 is 1.06 bits per heavy atom. The zero-order valence-electron chi connectivity index (χ0n) is 27.7. The van der Waals surface area contributed by atoms with Gasteiger partial charge in [-0.3, -0.25) is 0 Å². The van der Waals surface area contributed by atoms with Crippen LogP contribution in [0.25, 0.3) is 93.6 Å². The summed E-state index contributed by atoms with van der Waals surface area (Å²) in [5, 5.41) is 7.59. The van der Waals surface area contributed by atoms with E-state index in [4.69, 9.17) is 0 Å². The summed E-state index contributed by atoms with van der Waals surface area (Å²) in [5.74, 6) is 0. The van der Waals surface area contributed by atoms with E-state index in [1.165, 1.54) is 76.5 Å². The van der Waals surface area contributed by atoms with Gasteiger partial charge >= 0.3 is 0 Å². The SMILES string of the molecule is c1cc(-c2ccc(-n3c4ccccc4c4ccc(-n5c6ccccc6c6ccccc65)cc43)cc2)cc(-n2c3ccccc3c3ccccc32)c1. The maximum atomic E-state index is 2.42. The number of nitrogens with zero attached hydrogens (tertiary/aromatic N) is 3. The van der Waals surface area contributed by atoms with Crippen molar-refractivity contribution in [2.75, 3.05) is 0 Å². The molecule has 238 valence electrons. The molecule has 0 atom stereocenters. The van der Waals surface area contributed by atoms with Crippen molar-refractivity contribution in [1.29, 1.82) is 0 Å². The Kier molecular flexibility index (Phi) is 5.96. The summed E-state index contributed by atoms with van der Waals surface area (Å²) in [7, 11) is 0. The molecule has 0 N–H and O–H groups in total. The first-order valence-electron chi connectivity index (χ1n) is 17.5. The third-order valence-electron chi connectivity index (χ3n) is 10.6. The minimum absolute atomic E-state index is 1.14. The average Bonchev–Trinajstić information content (AvgIpc) is 3.84. The minimum Gasteiger partial charge on any atom is -0.309 e. The molecule has 0 spiro atoms. The highest BCUT2D eigenvalue weighted by Gasteiger charge is 2.17. The van der Waals surface area contributed by atoms with Gasteiger partial charge in [-0.2, -0.15) is 0 Å². The van der Waals surface area contributed by atoms with Crippen LogP contribution in [0.1, 0.15) is 0 Å². The number of benzene rings is 8. The van der Waals surface area contributed by atoms with E-state index in [9.17, 15) is 0 Å². The lowest BCUT2D eigenvalue weighted by Crippen LogP contribution is -1.97. The first-order chi connectivity index (χ1) is 25.3. The second-order valence-electron chi connectivity index (χ2n) is 13.4. The molecule has 51 heavy (non-hydrogen) atoms. The smallest absolute Gasteiger partial charge is 0.0561 e. The zero-order valence-corrected chi connectivity index (χ0v) is 27.7. The molecule has 3 heteroatoms. The summed E-state index contributed by atoms with van der Waals surface area (Å²) in [6.45, 7) is 0. The first kappa shape index (κ1) is 28.0. The van der Waals surface area contributed by atoms with Gasteiger partial charge in [-0.05, 0) is 77.9 Å². The van der Waals surface area contributed by atoms with Gasteiger partial charge in [-0.1, -0.05) is 121 Å². The molecule has 0 amide bonds. The molecule has 3 nitrogen and oxygen atoms in total. The topological polar surface area (TPSA) is 14.8 Å². The number of fused-ring (bicyclic) bond motifs is 9. The Balaban J connectivity index is 1.05. The van der Waals surface area contributed by atoms with E-state index in [0.717, 1.165) is 17.1 Å². The molecule has 8 aromatic carbocycles. The van der Waals surface area contributed by atoms with Crippen molar-refractivity contribution >= 4 is 65.4 Å². The predicted molar refractivity (Wildman–Crippen MR) is 215 cm³/mol. The molecular weight excluding hydrogens is 619 g/mol. The highest BCUT2D eigenvalue weighted by molar-refractivity contribution is 6.12. The van der Waals surface area contributed by atoms with E-state index in [1.807, 2.05) is 0 Å². The van der Waals surface area contributed by atoms with Gasteiger partial charge in [-0.15, -0.1) is 0 Å². The molecule has 3 heterocycles. The normalized spacial score (nSPS) is 11.9. The van der Waals surface area contributed by atoms with Gasteiger partial charge in [0, 0.05) is 49.4 Å². The summed E-state index contributed by atoms with van der Waals surface area (Å²) in [4.78, 5) is 0. The quantitative estimate of drug-likeness (QED) is 0.180. The largest absolute Gasteiger partial charge is 0.309 e. The third kappa shape index (κ3) is 4.12. The molecule has 3 aromatic heterocycles. The van der Waals surface area contributed by atoms with Crippen LogP contribution in [0.2, 0.25) is 0 Å². The second kappa shape index (κ2) is 10.8. The second-order valence-corrected chi connectivity index (χ2v) is 13.4. The maximum Gasteiger partial charge on any atom is 0.0561 e. The van der Waals surface area contributed by atoms with Crippen LogP contribution >= 0.6 is 0 Å². The molecule has 0 bridgehead atoms. The van der Waals surface area contributed by atoms with E-state index >= 15 is 0 Å². The van der Waals surface area contributed by atoms with Crippen LogP contribution in [0, 0.1) is 0 Å². The van der Waals surface area contributed by atoms with E-state index in [-0.39, 0.29) is 0 Å². The van der Waals surface area contributed by atoms with E-state index in [2.05, 4.69) is 202 Å². The van der Waals surface area contributed by atoms with Crippen LogP contribution in [0.4, 0.5) is 0 Å². The molecule has 0 aliphatic heterocycles. The lowest BCUT2D eigenvalue weighted by molar-refractivity contribution is 1.15. The molecule has 11 aromatic rings. The van der Waals surface area contributed by atoms with Crippen molar-refractivity contribution in [2.24, 2.45) is 0 Å². The fraction of sp³-hybridized carbons (Fsp3) is 0. The van der Waals surface area contributed by atoms with Crippen molar-refractivity contribution in [2.45, 2.75) is 0 Å². The predicted octanol–water partition coefficient (Wildman–Crippen LogP) is 12.6. The molecule has 0 radical (unpaired) electrons. The lowest BCUT2D eigenvalue weighted by Gasteiger charge is -2.13. The fourth-order valence-electron chi connectivity index (χ4n) is 8.41. The minimum atomic E-state index is 1.14. The summed E-state index contributed by atoms with van der Waals surface area (Å²) in [6, 6.07) is 68.4. The molecule has 11 rings (SSSR count). The average molecular weight is 650 g/mol. The van der Waals surface area contributed by atoms with Gasteiger partial charge < -0.3 is 13.7 Å². The number of aromatic nitrogens is 3. The van der Waals surface area contributed by atoms with E-state index in [0.29, 0.717) is 0 Å². The Morgan fingerprint density at radius 2 is 0.588 bits per heavy atom. The van der Waals surface area contributed by atoms with Crippen LogP contribution in [-0.2, 0) is 0 Å². The summed E-state index contributed by atoms with van der Waals surface area (Å²) >= 11 is 0. The highest BCUT2D eigenvalue weighted by Crippen LogP contribution is 2.38. The van der Waals surface area contributed by atoms with Gasteiger partial charge in [0.2, 0.25) is 0 Å². The Labute approximate surface area is 294 Å². The molecule has 0 saturated heterocycles. The van der Waals surface area contributed by atoms with Gasteiger partial charge in [0.15, 0.2) is 0 Å². The van der Waals surface area contributed by atoms with Crippen LogP contribution in [0.3, 0.4) is 0 Å². The Hall–Kier alpha value is -6.84. The van der Waals surface area contributed by atoms with Crippen molar-refractivity contribution in [3.63, 3.8) is 0 Å². The maximum absolute atomic E-state index is 2.42. The van der Waals surface area contributed by atoms with Gasteiger partial charge in [0.25, 0.3) is 0 Å². The molecule has 0 unspecified atom stereocenters. The molecule has 0 saturated carbocycles. The van der Waals surface area contributed by atoms with Crippen LogP contribution in [0.5, 0.6) is 0 Å². The summed E-state index contributed by atoms with van der Waals surface area (Å²) < 4.78 is 7.20. The Bertz CT molecular complexity index is 3030. The zero-order chi connectivity index (χ0) is 33.5. The number of para-hydroxylation sites is 5. The Morgan fingerprint density at radius 1 is 0.216 bits per heavy atom. The number of hydrogen-bond donors (Lipinski definition) is 0. The van der Waals surface area contributed by atoms with Gasteiger partial charge in [0.1, 0.15) is 0 Å². The van der Waals surface area contributed by atoms with Gasteiger partial charge in [-0.25, -0.2) is 0 Å². The number of rotatable bonds is 4. The molecule has 0 fully saturated rings. The molecule has 0 aliphatic rings. The van der Waals surface area contributed by atoms with E-state index in [1.54, 1.807) is 0 Å². The van der Waals surface area contributed by atoms with Crippen molar-refractivity contribution in [3.8, 4) is 28.2 Å². The van der Waals surface area contributed by atoms with Crippen molar-refractivity contribution < 1.29 is 0 Å². The number of hydrogen-bond acceptors (Lipinski definition) is 0. The fourth-order valence-corrected chi connectivity index (χ4v) is 8.41. The third-order valence-corrected chi connectivity index (χ3v) is 10.6. The molecular formula is C48H31N3.